The fraction of sp³-hybridized carbons (Fsp3) is 0.647. The van der Waals surface area contributed by atoms with Gasteiger partial charge in [-0.3, -0.25) is 0 Å². The number of hydrogen-bond acceptors (Lipinski definition) is 2. The Bertz CT molecular complexity index is 421. The van der Waals surface area contributed by atoms with Crippen molar-refractivity contribution in [2.75, 3.05) is 20.1 Å². The standard InChI is InChI=1S/C17H27BrN2/c1-13-6-5-10-20(14(13)2)11-9-17(19-3)15-7-4-8-16(18)12-15/h4,7-8,12-14,17,19H,5-6,9-11H2,1-3H3. The van der Waals surface area contributed by atoms with Crippen LogP contribution < -0.4 is 5.32 Å². The first kappa shape index (κ1) is 16.0. The van der Waals surface area contributed by atoms with E-state index in [0.29, 0.717) is 6.04 Å². The maximum Gasteiger partial charge on any atom is 0.0330 e. The number of likely N-dealkylation sites (tertiary alicyclic amines) is 1. The lowest BCUT2D eigenvalue weighted by atomic mass is 9.91. The third-order valence-corrected chi connectivity index (χ3v) is 5.30. The molecule has 0 bridgehead atoms. The van der Waals surface area contributed by atoms with E-state index in [0.717, 1.165) is 16.4 Å². The van der Waals surface area contributed by atoms with Gasteiger partial charge in [0.15, 0.2) is 0 Å². The van der Waals surface area contributed by atoms with Crippen LogP contribution in [-0.2, 0) is 0 Å². The van der Waals surface area contributed by atoms with Crippen LogP contribution in [0.3, 0.4) is 0 Å². The summed E-state index contributed by atoms with van der Waals surface area (Å²) in [6, 6.07) is 9.82. The average Bonchev–Trinajstić information content (AvgIpc) is 2.44. The van der Waals surface area contributed by atoms with Crippen molar-refractivity contribution in [1.29, 1.82) is 0 Å². The van der Waals surface area contributed by atoms with Gasteiger partial charge in [-0.15, -0.1) is 0 Å². The summed E-state index contributed by atoms with van der Waals surface area (Å²) in [6.07, 6.45) is 3.91. The lowest BCUT2D eigenvalue weighted by Crippen LogP contribution is -2.43. The molecule has 112 valence electrons. The Morgan fingerprint density at radius 1 is 1.40 bits per heavy atom. The van der Waals surface area contributed by atoms with Crippen molar-refractivity contribution in [2.24, 2.45) is 5.92 Å². The Morgan fingerprint density at radius 3 is 2.90 bits per heavy atom. The molecule has 20 heavy (non-hydrogen) atoms. The largest absolute Gasteiger partial charge is 0.313 e. The molecule has 1 N–H and O–H groups in total. The molecule has 1 fully saturated rings. The Morgan fingerprint density at radius 2 is 2.20 bits per heavy atom. The van der Waals surface area contributed by atoms with E-state index >= 15 is 0 Å². The zero-order valence-electron chi connectivity index (χ0n) is 12.9. The summed E-state index contributed by atoms with van der Waals surface area (Å²) in [5.74, 6) is 0.836. The normalized spacial score (nSPS) is 25.6. The highest BCUT2D eigenvalue weighted by atomic mass is 79.9. The average molecular weight is 339 g/mol. The zero-order valence-corrected chi connectivity index (χ0v) is 14.5. The summed E-state index contributed by atoms with van der Waals surface area (Å²) in [7, 11) is 2.06. The van der Waals surface area contributed by atoms with Gasteiger partial charge in [-0.25, -0.2) is 0 Å². The number of nitrogens with zero attached hydrogens (tertiary/aromatic N) is 1. The van der Waals surface area contributed by atoms with Gasteiger partial charge in [0.1, 0.15) is 0 Å². The maximum atomic E-state index is 3.57. The van der Waals surface area contributed by atoms with Crippen LogP contribution in [0.25, 0.3) is 0 Å². The second-order valence-corrected chi connectivity index (χ2v) is 7.00. The van der Waals surface area contributed by atoms with Crippen molar-refractivity contribution >= 4 is 15.9 Å². The predicted octanol–water partition coefficient (Wildman–Crippen LogP) is 4.22. The molecular formula is C17H27BrN2. The van der Waals surface area contributed by atoms with Gasteiger partial charge >= 0.3 is 0 Å². The van der Waals surface area contributed by atoms with Gasteiger partial charge in [-0.2, -0.15) is 0 Å². The molecule has 1 saturated heterocycles. The van der Waals surface area contributed by atoms with Crippen LogP contribution in [0.4, 0.5) is 0 Å². The summed E-state index contributed by atoms with van der Waals surface area (Å²) in [4.78, 5) is 2.66. The summed E-state index contributed by atoms with van der Waals surface area (Å²) < 4.78 is 1.16. The second-order valence-electron chi connectivity index (χ2n) is 6.08. The lowest BCUT2D eigenvalue weighted by molar-refractivity contribution is 0.109. The zero-order chi connectivity index (χ0) is 14.5. The molecule has 0 spiro atoms. The Kier molecular flexibility index (Phi) is 6.06. The summed E-state index contributed by atoms with van der Waals surface area (Å²) in [5.41, 5.74) is 1.37. The van der Waals surface area contributed by atoms with Gasteiger partial charge in [0, 0.05) is 23.1 Å². The van der Waals surface area contributed by atoms with Crippen LogP contribution in [0, 0.1) is 5.92 Å². The second kappa shape index (κ2) is 7.58. The van der Waals surface area contributed by atoms with Crippen molar-refractivity contribution in [3.05, 3.63) is 34.3 Å². The van der Waals surface area contributed by atoms with Gasteiger partial charge in [0.05, 0.1) is 0 Å². The van der Waals surface area contributed by atoms with E-state index in [2.05, 4.69) is 71.3 Å². The van der Waals surface area contributed by atoms with Gasteiger partial charge in [0.25, 0.3) is 0 Å². The van der Waals surface area contributed by atoms with Gasteiger partial charge < -0.3 is 10.2 Å². The highest BCUT2D eigenvalue weighted by Crippen LogP contribution is 2.25. The van der Waals surface area contributed by atoms with Crippen LogP contribution >= 0.6 is 15.9 Å². The number of halogens is 1. The fourth-order valence-corrected chi connectivity index (χ4v) is 3.65. The molecule has 1 heterocycles. The third kappa shape index (κ3) is 4.06. The van der Waals surface area contributed by atoms with Gasteiger partial charge in [-0.1, -0.05) is 35.0 Å². The van der Waals surface area contributed by atoms with Crippen LogP contribution in [0.1, 0.15) is 44.7 Å². The highest BCUT2D eigenvalue weighted by molar-refractivity contribution is 9.10. The van der Waals surface area contributed by atoms with E-state index in [-0.39, 0.29) is 0 Å². The van der Waals surface area contributed by atoms with Crippen LogP contribution in [0.15, 0.2) is 28.7 Å². The minimum atomic E-state index is 0.442. The van der Waals surface area contributed by atoms with Crippen molar-refractivity contribution in [2.45, 2.75) is 45.2 Å². The quantitative estimate of drug-likeness (QED) is 0.864. The molecule has 0 amide bonds. The third-order valence-electron chi connectivity index (χ3n) is 4.81. The monoisotopic (exact) mass is 338 g/mol. The molecular weight excluding hydrogens is 312 g/mol. The summed E-state index contributed by atoms with van der Waals surface area (Å²) in [5, 5.41) is 3.46. The minimum absolute atomic E-state index is 0.442. The Labute approximate surface area is 132 Å². The lowest BCUT2D eigenvalue weighted by Gasteiger charge is -2.38. The smallest absolute Gasteiger partial charge is 0.0330 e. The number of nitrogens with one attached hydrogen (secondary N) is 1. The van der Waals surface area contributed by atoms with Crippen molar-refractivity contribution in [3.63, 3.8) is 0 Å². The molecule has 3 heteroatoms. The first-order valence-corrected chi connectivity index (χ1v) is 8.58. The highest BCUT2D eigenvalue weighted by Gasteiger charge is 2.24. The first-order chi connectivity index (χ1) is 9.61. The molecule has 0 aliphatic carbocycles. The summed E-state index contributed by atoms with van der Waals surface area (Å²) in [6.45, 7) is 7.22. The number of rotatable bonds is 5. The first-order valence-electron chi connectivity index (χ1n) is 7.78. The maximum absolute atomic E-state index is 3.57. The van der Waals surface area contributed by atoms with Crippen molar-refractivity contribution < 1.29 is 0 Å². The topological polar surface area (TPSA) is 15.3 Å². The van der Waals surface area contributed by atoms with Crippen LogP contribution in [-0.4, -0.2) is 31.1 Å². The Balaban J connectivity index is 1.94. The molecule has 2 nitrogen and oxygen atoms in total. The van der Waals surface area contributed by atoms with E-state index < -0.39 is 0 Å². The van der Waals surface area contributed by atoms with E-state index in [4.69, 9.17) is 0 Å². The minimum Gasteiger partial charge on any atom is -0.313 e. The van der Waals surface area contributed by atoms with Crippen LogP contribution in [0.2, 0.25) is 0 Å². The van der Waals surface area contributed by atoms with Crippen molar-refractivity contribution in [1.82, 2.24) is 10.2 Å². The van der Waals surface area contributed by atoms with E-state index in [1.165, 1.54) is 37.9 Å². The molecule has 2 rings (SSSR count). The Hall–Kier alpha value is -0.380. The summed E-state index contributed by atoms with van der Waals surface area (Å²) >= 11 is 3.57. The van der Waals surface area contributed by atoms with E-state index in [1.807, 2.05) is 0 Å². The SMILES string of the molecule is CNC(CCN1CCCC(C)C1C)c1cccc(Br)c1. The number of piperidine rings is 1. The number of benzene rings is 1. The molecule has 1 aliphatic rings. The molecule has 3 atom stereocenters. The molecule has 0 aromatic heterocycles. The van der Waals surface area contributed by atoms with Crippen molar-refractivity contribution in [3.8, 4) is 0 Å². The molecule has 0 saturated carbocycles. The molecule has 1 aromatic rings. The van der Waals surface area contributed by atoms with E-state index in [9.17, 15) is 0 Å². The molecule has 0 radical (unpaired) electrons. The predicted molar refractivity (Wildman–Crippen MR) is 90.0 cm³/mol. The van der Waals surface area contributed by atoms with Crippen LogP contribution in [0.5, 0.6) is 0 Å². The van der Waals surface area contributed by atoms with Gasteiger partial charge in [0.2, 0.25) is 0 Å². The number of hydrogen-bond donors (Lipinski definition) is 1. The fourth-order valence-electron chi connectivity index (χ4n) is 3.23. The molecule has 3 unspecified atom stereocenters. The molecule has 1 aromatic carbocycles. The van der Waals surface area contributed by atoms with Gasteiger partial charge in [-0.05, 0) is 63.4 Å². The van der Waals surface area contributed by atoms with E-state index in [1.54, 1.807) is 0 Å². The molecule has 1 aliphatic heterocycles.